The third-order valence-electron chi connectivity index (χ3n) is 4.06. The molecule has 3 rings (SSSR count). The fourth-order valence-electron chi connectivity index (χ4n) is 2.75. The third kappa shape index (κ3) is 3.79. The van der Waals surface area contributed by atoms with Crippen molar-refractivity contribution in [2.45, 2.75) is 32.4 Å². The number of rotatable bonds is 5. The zero-order valence-corrected chi connectivity index (χ0v) is 14.4. The topological polar surface area (TPSA) is 71.5 Å². The predicted octanol–water partition coefficient (Wildman–Crippen LogP) is 2.29. The van der Waals surface area contributed by atoms with Gasteiger partial charge in [-0.15, -0.1) is 0 Å². The van der Waals surface area contributed by atoms with Gasteiger partial charge in [-0.3, -0.25) is 14.6 Å². The molecule has 0 atom stereocenters. The standard InChI is InChI=1S/C19H21N3O3/c1-19(2)18(24)22(15-7-3-4-8-16(15)25-19)11-9-17(23)21-13-14-6-5-10-20-12-14/h3-8,10,12H,9,11,13H2,1-2H3,(H,21,23). The van der Waals surface area contributed by atoms with Crippen LogP contribution in [0, 0.1) is 0 Å². The van der Waals surface area contributed by atoms with Gasteiger partial charge in [-0.2, -0.15) is 0 Å². The molecule has 0 saturated carbocycles. The number of benzene rings is 1. The van der Waals surface area contributed by atoms with Crippen LogP contribution in [0.3, 0.4) is 0 Å². The molecule has 0 aliphatic carbocycles. The zero-order valence-electron chi connectivity index (χ0n) is 14.4. The number of nitrogens with zero attached hydrogens (tertiary/aromatic N) is 2. The molecule has 1 aliphatic rings. The summed E-state index contributed by atoms with van der Waals surface area (Å²) in [4.78, 5) is 30.4. The number of hydrogen-bond donors (Lipinski definition) is 1. The van der Waals surface area contributed by atoms with Crippen molar-refractivity contribution in [2.75, 3.05) is 11.4 Å². The Kier molecular flexibility index (Phi) is 4.70. The second kappa shape index (κ2) is 6.93. The summed E-state index contributed by atoms with van der Waals surface area (Å²) in [6.07, 6.45) is 3.62. The lowest BCUT2D eigenvalue weighted by atomic mass is 10.0. The first-order valence-electron chi connectivity index (χ1n) is 8.23. The number of hydrogen-bond acceptors (Lipinski definition) is 4. The van der Waals surface area contributed by atoms with Crippen molar-refractivity contribution < 1.29 is 14.3 Å². The first-order chi connectivity index (χ1) is 12.0. The number of ether oxygens (including phenoxy) is 1. The maximum Gasteiger partial charge on any atom is 0.270 e. The van der Waals surface area contributed by atoms with E-state index in [9.17, 15) is 9.59 Å². The van der Waals surface area contributed by atoms with Crippen LogP contribution >= 0.6 is 0 Å². The van der Waals surface area contributed by atoms with Crippen molar-refractivity contribution in [3.63, 3.8) is 0 Å². The van der Waals surface area contributed by atoms with Crippen LogP contribution < -0.4 is 15.0 Å². The Hall–Kier alpha value is -2.89. The number of carbonyl (C=O) groups is 2. The highest BCUT2D eigenvalue weighted by Gasteiger charge is 2.40. The van der Waals surface area contributed by atoms with Gasteiger partial charge in [0.25, 0.3) is 5.91 Å². The lowest BCUT2D eigenvalue weighted by Crippen LogP contribution is -2.53. The van der Waals surface area contributed by atoms with Gasteiger partial charge in [0.2, 0.25) is 5.91 Å². The number of nitrogens with one attached hydrogen (secondary N) is 1. The summed E-state index contributed by atoms with van der Waals surface area (Å²) >= 11 is 0. The molecule has 0 saturated heterocycles. The molecule has 25 heavy (non-hydrogen) atoms. The molecule has 6 nitrogen and oxygen atoms in total. The quantitative estimate of drug-likeness (QED) is 0.907. The maximum atomic E-state index is 12.7. The molecule has 1 aromatic heterocycles. The molecule has 0 fully saturated rings. The van der Waals surface area contributed by atoms with Crippen LogP contribution in [0.25, 0.3) is 0 Å². The Balaban J connectivity index is 1.63. The molecule has 2 heterocycles. The van der Waals surface area contributed by atoms with Gasteiger partial charge in [-0.05, 0) is 37.6 Å². The summed E-state index contributed by atoms with van der Waals surface area (Å²) in [5.74, 6) is 0.396. The normalized spacial score (nSPS) is 15.3. The number of pyridine rings is 1. The van der Waals surface area contributed by atoms with E-state index in [4.69, 9.17) is 4.74 Å². The highest BCUT2D eigenvalue weighted by atomic mass is 16.5. The SMILES string of the molecule is CC1(C)Oc2ccccc2N(CCC(=O)NCc2cccnc2)C1=O. The first-order valence-corrected chi connectivity index (χ1v) is 8.23. The molecule has 1 aliphatic heterocycles. The van der Waals surface area contributed by atoms with E-state index in [0.29, 0.717) is 24.5 Å². The van der Waals surface area contributed by atoms with Crippen LogP contribution in [0.5, 0.6) is 5.75 Å². The van der Waals surface area contributed by atoms with Crippen LogP contribution in [0.2, 0.25) is 0 Å². The second-order valence-corrected chi connectivity index (χ2v) is 6.42. The zero-order chi connectivity index (χ0) is 17.9. The largest absolute Gasteiger partial charge is 0.476 e. The number of amides is 2. The molecule has 0 bridgehead atoms. The molecule has 0 radical (unpaired) electrons. The smallest absolute Gasteiger partial charge is 0.270 e. The molecule has 1 N–H and O–H groups in total. The second-order valence-electron chi connectivity index (χ2n) is 6.42. The minimum atomic E-state index is -0.944. The Morgan fingerprint density at radius 2 is 2.04 bits per heavy atom. The van der Waals surface area contributed by atoms with Gasteiger partial charge < -0.3 is 15.0 Å². The monoisotopic (exact) mass is 339 g/mol. The third-order valence-corrected chi connectivity index (χ3v) is 4.06. The average Bonchev–Trinajstić information content (AvgIpc) is 2.61. The fraction of sp³-hybridized carbons (Fsp3) is 0.316. The minimum absolute atomic E-state index is 0.113. The minimum Gasteiger partial charge on any atom is -0.476 e. The van der Waals surface area contributed by atoms with E-state index in [1.54, 1.807) is 31.1 Å². The van der Waals surface area contributed by atoms with Crippen LogP contribution in [0.15, 0.2) is 48.8 Å². The van der Waals surface area contributed by atoms with Gasteiger partial charge in [0.05, 0.1) is 5.69 Å². The summed E-state index contributed by atoms with van der Waals surface area (Å²) in [6, 6.07) is 11.1. The van der Waals surface area contributed by atoms with E-state index in [-0.39, 0.29) is 18.2 Å². The Labute approximate surface area is 146 Å². The predicted molar refractivity (Wildman–Crippen MR) is 94.2 cm³/mol. The van der Waals surface area contributed by atoms with Gasteiger partial charge >= 0.3 is 0 Å². The molecule has 130 valence electrons. The van der Waals surface area contributed by atoms with Crippen molar-refractivity contribution in [3.05, 3.63) is 54.4 Å². The molecular weight excluding hydrogens is 318 g/mol. The van der Waals surface area contributed by atoms with Crippen molar-refractivity contribution in [3.8, 4) is 5.75 Å². The van der Waals surface area contributed by atoms with Crippen LogP contribution in [-0.4, -0.2) is 28.9 Å². The van der Waals surface area contributed by atoms with E-state index >= 15 is 0 Å². The van der Waals surface area contributed by atoms with Gasteiger partial charge in [0.1, 0.15) is 5.75 Å². The van der Waals surface area contributed by atoms with E-state index < -0.39 is 5.60 Å². The number of para-hydroxylation sites is 2. The van der Waals surface area contributed by atoms with E-state index in [0.717, 1.165) is 5.56 Å². The Bertz CT molecular complexity index is 774. The van der Waals surface area contributed by atoms with Crippen molar-refractivity contribution in [2.24, 2.45) is 0 Å². The lowest BCUT2D eigenvalue weighted by Gasteiger charge is -2.38. The molecule has 0 unspecified atom stereocenters. The summed E-state index contributed by atoms with van der Waals surface area (Å²) in [5.41, 5.74) is 0.692. The van der Waals surface area contributed by atoms with E-state index in [1.807, 2.05) is 36.4 Å². The molecule has 0 spiro atoms. The van der Waals surface area contributed by atoms with Crippen molar-refractivity contribution in [1.82, 2.24) is 10.3 Å². The lowest BCUT2D eigenvalue weighted by molar-refractivity contribution is -0.132. The highest BCUT2D eigenvalue weighted by molar-refractivity contribution is 6.02. The molecular formula is C19H21N3O3. The molecule has 2 aromatic rings. The van der Waals surface area contributed by atoms with Gasteiger partial charge in [0.15, 0.2) is 5.60 Å². The number of anilines is 1. The van der Waals surface area contributed by atoms with Crippen molar-refractivity contribution >= 4 is 17.5 Å². The van der Waals surface area contributed by atoms with Crippen LogP contribution in [0.4, 0.5) is 5.69 Å². The summed E-state index contributed by atoms with van der Waals surface area (Å²) in [6.45, 7) is 4.20. The van der Waals surface area contributed by atoms with Crippen molar-refractivity contribution in [1.29, 1.82) is 0 Å². The van der Waals surface area contributed by atoms with Gasteiger partial charge in [-0.1, -0.05) is 18.2 Å². The van der Waals surface area contributed by atoms with Gasteiger partial charge in [0, 0.05) is 31.9 Å². The van der Waals surface area contributed by atoms with Crippen LogP contribution in [-0.2, 0) is 16.1 Å². The molecule has 1 aromatic carbocycles. The summed E-state index contributed by atoms with van der Waals surface area (Å²) in [5, 5.41) is 2.85. The Morgan fingerprint density at radius 3 is 2.80 bits per heavy atom. The van der Waals surface area contributed by atoms with E-state index in [1.165, 1.54) is 0 Å². The molecule has 2 amide bonds. The summed E-state index contributed by atoms with van der Waals surface area (Å²) < 4.78 is 5.78. The number of carbonyl (C=O) groups excluding carboxylic acids is 2. The summed E-state index contributed by atoms with van der Waals surface area (Å²) in [7, 11) is 0. The first kappa shape index (κ1) is 17.0. The van der Waals surface area contributed by atoms with Crippen LogP contribution in [0.1, 0.15) is 25.8 Å². The molecule has 6 heteroatoms. The number of fused-ring (bicyclic) bond motifs is 1. The Morgan fingerprint density at radius 1 is 1.24 bits per heavy atom. The maximum absolute atomic E-state index is 12.7. The number of aromatic nitrogens is 1. The van der Waals surface area contributed by atoms with E-state index in [2.05, 4.69) is 10.3 Å². The highest BCUT2D eigenvalue weighted by Crippen LogP contribution is 2.37. The van der Waals surface area contributed by atoms with Gasteiger partial charge in [-0.25, -0.2) is 0 Å². The fourth-order valence-corrected chi connectivity index (χ4v) is 2.75. The average molecular weight is 339 g/mol.